The predicted molar refractivity (Wildman–Crippen MR) is 61.3 cm³/mol. The maximum atomic E-state index is 8.78. The fourth-order valence-corrected chi connectivity index (χ4v) is 2.18. The number of halogens is 1. The quantitative estimate of drug-likeness (QED) is 0.724. The van der Waals surface area contributed by atoms with Crippen molar-refractivity contribution in [2.24, 2.45) is 4.99 Å². The molecule has 0 aliphatic carbocycles. The Kier molecular flexibility index (Phi) is 2.28. The van der Waals surface area contributed by atoms with Gasteiger partial charge in [-0.2, -0.15) is 5.26 Å². The van der Waals surface area contributed by atoms with Crippen molar-refractivity contribution in [1.29, 1.82) is 5.26 Å². The average Bonchev–Trinajstić information content (AvgIpc) is 2.15. The first-order valence-corrected chi connectivity index (χ1v) is 5.30. The third kappa shape index (κ3) is 1.88. The van der Waals surface area contributed by atoms with Gasteiger partial charge in [0, 0.05) is 0 Å². The largest absolute Gasteiger partial charge is 0.466 e. The van der Waals surface area contributed by atoms with E-state index in [0.29, 0.717) is 5.56 Å². The molecule has 0 N–H and O–H groups in total. The number of nitriles is 1. The lowest BCUT2D eigenvalue weighted by Gasteiger charge is -2.28. The van der Waals surface area contributed by atoms with Crippen molar-refractivity contribution in [1.82, 2.24) is 0 Å². The van der Waals surface area contributed by atoms with Gasteiger partial charge in [0.2, 0.25) is 0 Å². The summed E-state index contributed by atoms with van der Waals surface area (Å²) in [7, 11) is 0. The summed E-state index contributed by atoms with van der Waals surface area (Å²) in [6, 6.07) is 7.38. The third-order valence-electron chi connectivity index (χ3n) is 2.06. The fourth-order valence-electron chi connectivity index (χ4n) is 1.44. The summed E-state index contributed by atoms with van der Waals surface area (Å²) in [4.78, 5) is 4.33. The normalized spacial score (nSPS) is 17.1. The number of hydrogen-bond acceptors (Lipinski definition) is 3. The summed E-state index contributed by atoms with van der Waals surface area (Å²) >= 11 is 3.39. The second kappa shape index (κ2) is 3.35. The molecule has 0 amide bonds. The van der Waals surface area contributed by atoms with Crippen molar-refractivity contribution in [3.05, 3.63) is 29.3 Å². The highest BCUT2D eigenvalue weighted by Crippen LogP contribution is 2.32. The van der Waals surface area contributed by atoms with Crippen molar-refractivity contribution < 1.29 is 4.74 Å². The maximum absolute atomic E-state index is 8.78. The Morgan fingerprint density at radius 1 is 1.47 bits per heavy atom. The van der Waals surface area contributed by atoms with Crippen LogP contribution in [0.25, 0.3) is 0 Å². The Morgan fingerprint density at radius 2 is 2.20 bits per heavy atom. The molecular formula is C11H9BrN2O. The number of ether oxygens (including phenoxy) is 1. The highest BCUT2D eigenvalue weighted by atomic mass is 79.9. The van der Waals surface area contributed by atoms with Crippen LogP contribution in [-0.4, -0.2) is 10.3 Å². The van der Waals surface area contributed by atoms with Gasteiger partial charge in [-0.1, -0.05) is 0 Å². The van der Waals surface area contributed by atoms with Crippen LogP contribution in [0.1, 0.15) is 25.0 Å². The summed E-state index contributed by atoms with van der Waals surface area (Å²) in [5.74, 6) is 0.751. The van der Waals surface area contributed by atoms with Crippen molar-refractivity contribution >= 4 is 20.6 Å². The van der Waals surface area contributed by atoms with E-state index >= 15 is 0 Å². The van der Waals surface area contributed by atoms with Gasteiger partial charge in [0.25, 0.3) is 0 Å². The Balaban J connectivity index is 2.57. The van der Waals surface area contributed by atoms with Crippen LogP contribution in [0.3, 0.4) is 0 Å². The van der Waals surface area contributed by atoms with Crippen LogP contribution in [0.5, 0.6) is 5.75 Å². The third-order valence-corrected chi connectivity index (χ3v) is 2.66. The van der Waals surface area contributed by atoms with Gasteiger partial charge < -0.3 is 4.74 Å². The van der Waals surface area contributed by atoms with E-state index in [1.54, 1.807) is 18.2 Å². The lowest BCUT2D eigenvalue weighted by molar-refractivity contribution is 0.116. The smallest absolute Gasteiger partial charge is 0.195 e. The molecule has 0 radical (unpaired) electrons. The molecule has 76 valence electrons. The molecule has 1 heterocycles. The van der Waals surface area contributed by atoms with Crippen molar-refractivity contribution in [2.45, 2.75) is 19.6 Å². The van der Waals surface area contributed by atoms with E-state index < -0.39 is 5.72 Å². The van der Waals surface area contributed by atoms with Gasteiger partial charge in [0.05, 0.1) is 17.2 Å². The van der Waals surface area contributed by atoms with Gasteiger partial charge in [-0.05, 0) is 48.0 Å². The Labute approximate surface area is 96.5 Å². The van der Waals surface area contributed by atoms with Crippen molar-refractivity contribution in [3.8, 4) is 11.8 Å². The number of nitrogens with zero attached hydrogens (tertiary/aromatic N) is 2. The number of hydrogen-bond donors (Lipinski definition) is 0. The zero-order valence-electron chi connectivity index (χ0n) is 8.41. The molecule has 2 rings (SSSR count). The van der Waals surface area contributed by atoms with E-state index in [1.165, 1.54) is 0 Å². The molecule has 0 bridgehead atoms. The number of rotatable bonds is 0. The molecule has 0 saturated carbocycles. The molecule has 4 heteroatoms. The number of benzene rings is 1. The maximum Gasteiger partial charge on any atom is 0.195 e. The highest BCUT2D eigenvalue weighted by molar-refractivity contribution is 9.18. The highest BCUT2D eigenvalue weighted by Gasteiger charge is 2.26. The SMILES string of the molecule is CC1(C)N=C(Br)c2cc(C#N)ccc2O1. The zero-order valence-corrected chi connectivity index (χ0v) is 10.00. The summed E-state index contributed by atoms with van der Waals surface area (Å²) < 4.78 is 6.39. The molecule has 0 saturated heterocycles. The Hall–Kier alpha value is -1.34. The number of fused-ring (bicyclic) bond motifs is 1. The van der Waals surface area contributed by atoms with E-state index in [4.69, 9.17) is 10.00 Å². The molecule has 0 aromatic heterocycles. The zero-order chi connectivity index (χ0) is 11.1. The molecule has 15 heavy (non-hydrogen) atoms. The monoisotopic (exact) mass is 264 g/mol. The molecule has 0 atom stereocenters. The van der Waals surface area contributed by atoms with Gasteiger partial charge in [-0.25, -0.2) is 4.99 Å². The molecule has 0 unspecified atom stereocenters. The lowest BCUT2D eigenvalue weighted by atomic mass is 10.1. The van der Waals surface area contributed by atoms with Crippen LogP contribution in [0.15, 0.2) is 23.2 Å². The van der Waals surface area contributed by atoms with Gasteiger partial charge in [-0.15, -0.1) is 0 Å². The van der Waals surface area contributed by atoms with Crippen LogP contribution in [0.2, 0.25) is 0 Å². The first-order chi connectivity index (χ1) is 7.02. The fraction of sp³-hybridized carbons (Fsp3) is 0.273. The summed E-state index contributed by atoms with van der Waals surface area (Å²) in [5, 5.41) is 8.78. The first kappa shape index (κ1) is 10.2. The summed E-state index contributed by atoms with van der Waals surface area (Å²) in [6.07, 6.45) is 0. The molecule has 3 nitrogen and oxygen atoms in total. The topological polar surface area (TPSA) is 45.4 Å². The molecule has 1 aromatic carbocycles. The van der Waals surface area contributed by atoms with Gasteiger partial charge >= 0.3 is 0 Å². The van der Waals surface area contributed by atoms with Crippen molar-refractivity contribution in [3.63, 3.8) is 0 Å². The Bertz CT molecular complexity index is 486. The standard InChI is InChI=1S/C11H9BrN2O/c1-11(2)14-10(12)8-5-7(6-13)3-4-9(8)15-11/h3-5H,1-2H3. The van der Waals surface area contributed by atoms with E-state index in [9.17, 15) is 0 Å². The van der Waals surface area contributed by atoms with Crippen LogP contribution in [-0.2, 0) is 0 Å². The van der Waals surface area contributed by atoms with Crippen LogP contribution in [0, 0.1) is 11.3 Å². The summed E-state index contributed by atoms with van der Waals surface area (Å²) in [6.45, 7) is 3.77. The number of aliphatic imine (C=N–C) groups is 1. The van der Waals surface area contributed by atoms with E-state index in [-0.39, 0.29) is 0 Å². The van der Waals surface area contributed by atoms with Crippen LogP contribution < -0.4 is 4.74 Å². The van der Waals surface area contributed by atoms with Crippen LogP contribution >= 0.6 is 15.9 Å². The molecule has 0 spiro atoms. The minimum Gasteiger partial charge on any atom is -0.466 e. The molecule has 1 aliphatic rings. The van der Waals surface area contributed by atoms with E-state index in [1.807, 2.05) is 13.8 Å². The second-order valence-corrected chi connectivity index (χ2v) is 4.53. The lowest BCUT2D eigenvalue weighted by Crippen LogP contribution is -2.30. The van der Waals surface area contributed by atoms with Gasteiger partial charge in [0.15, 0.2) is 5.72 Å². The van der Waals surface area contributed by atoms with Crippen LogP contribution in [0.4, 0.5) is 0 Å². The molecule has 1 aromatic rings. The minimum atomic E-state index is -0.556. The predicted octanol–water partition coefficient (Wildman–Crippen LogP) is 2.83. The molecular weight excluding hydrogens is 256 g/mol. The molecule has 1 aliphatic heterocycles. The minimum absolute atomic E-state index is 0.556. The Morgan fingerprint density at radius 3 is 2.87 bits per heavy atom. The van der Waals surface area contributed by atoms with Gasteiger partial charge in [-0.3, -0.25) is 0 Å². The second-order valence-electron chi connectivity index (χ2n) is 3.77. The van der Waals surface area contributed by atoms with E-state index in [2.05, 4.69) is 27.0 Å². The van der Waals surface area contributed by atoms with Gasteiger partial charge in [0.1, 0.15) is 10.4 Å². The van der Waals surface area contributed by atoms with E-state index in [0.717, 1.165) is 15.9 Å². The average molecular weight is 265 g/mol. The molecule has 0 fully saturated rings. The summed E-state index contributed by atoms with van der Waals surface area (Å²) in [5.41, 5.74) is 0.873. The first-order valence-electron chi connectivity index (χ1n) is 4.51. The van der Waals surface area contributed by atoms with Crippen molar-refractivity contribution in [2.75, 3.05) is 0 Å².